The summed E-state index contributed by atoms with van der Waals surface area (Å²) in [6, 6.07) is 6.13. The molecule has 0 radical (unpaired) electrons. The molecule has 0 aliphatic carbocycles. The Morgan fingerprint density at radius 3 is 2.71 bits per heavy atom. The number of carbonyl (C=O) groups is 2. The van der Waals surface area contributed by atoms with Crippen LogP contribution in [-0.2, 0) is 15.1 Å². The number of benzene rings is 1. The van der Waals surface area contributed by atoms with Crippen molar-refractivity contribution >= 4 is 29.3 Å². The number of aryl methyl sites for hydroxylation is 2. The van der Waals surface area contributed by atoms with Gasteiger partial charge in [0.2, 0.25) is 5.91 Å². The number of nitrogens with one attached hydrogen (secondary N) is 1. The van der Waals surface area contributed by atoms with Gasteiger partial charge in [0.25, 0.3) is 0 Å². The maximum absolute atomic E-state index is 12.1. The number of amides is 1. The molecule has 0 fully saturated rings. The number of rotatable bonds is 6. The summed E-state index contributed by atoms with van der Waals surface area (Å²) < 4.78 is 1.32. The molecular formula is C17H21N3O3S. The molecule has 0 saturated carbocycles. The molecule has 1 amide bonds. The molecule has 1 aromatic carbocycles. The summed E-state index contributed by atoms with van der Waals surface area (Å²) in [6.07, 6.45) is 2.97. The minimum Gasteiger partial charge on any atom is -0.479 e. The molecule has 0 unspecified atom stereocenters. The van der Waals surface area contributed by atoms with E-state index in [1.54, 1.807) is 13.8 Å². The molecule has 24 heavy (non-hydrogen) atoms. The van der Waals surface area contributed by atoms with Crippen molar-refractivity contribution < 1.29 is 14.7 Å². The molecule has 128 valence electrons. The first-order chi connectivity index (χ1) is 11.2. The summed E-state index contributed by atoms with van der Waals surface area (Å²) in [5.74, 6) is -0.875. The molecule has 0 saturated heterocycles. The van der Waals surface area contributed by atoms with E-state index in [4.69, 9.17) is 0 Å². The van der Waals surface area contributed by atoms with E-state index < -0.39 is 11.5 Å². The van der Waals surface area contributed by atoms with Gasteiger partial charge in [0, 0.05) is 11.1 Å². The first-order valence-corrected chi connectivity index (χ1v) is 8.47. The van der Waals surface area contributed by atoms with Crippen molar-refractivity contribution in [3.63, 3.8) is 0 Å². The predicted octanol–water partition coefficient (Wildman–Crippen LogP) is 3.05. The van der Waals surface area contributed by atoms with Crippen molar-refractivity contribution in [3.8, 4) is 0 Å². The van der Waals surface area contributed by atoms with Crippen molar-refractivity contribution in [2.45, 2.75) is 38.1 Å². The number of carboxylic acid groups (broad SMARTS) is 1. The third kappa shape index (κ3) is 4.17. The molecule has 1 aromatic heterocycles. The van der Waals surface area contributed by atoms with Crippen LogP contribution in [0.15, 0.2) is 35.5 Å². The van der Waals surface area contributed by atoms with E-state index in [-0.39, 0.29) is 11.7 Å². The van der Waals surface area contributed by atoms with Gasteiger partial charge in [0.05, 0.1) is 17.6 Å². The fraction of sp³-hybridized carbons (Fsp3) is 0.353. The standard InChI is InChI=1S/C17H21N3O3S/c1-11-5-6-12(2)14(7-11)24-10-15(21)19-13-8-18-20(9-13)17(3,4)16(22)23/h5-9H,10H2,1-4H3,(H,19,21)(H,22,23). The second-order valence-corrected chi connectivity index (χ2v) is 7.16. The van der Waals surface area contributed by atoms with Crippen LogP contribution in [0.5, 0.6) is 0 Å². The van der Waals surface area contributed by atoms with Crippen LogP contribution >= 0.6 is 11.8 Å². The lowest BCUT2D eigenvalue weighted by Crippen LogP contribution is -2.35. The Kier molecular flexibility index (Phi) is 5.33. The summed E-state index contributed by atoms with van der Waals surface area (Å²) in [6.45, 7) is 7.12. The van der Waals surface area contributed by atoms with Crippen LogP contribution < -0.4 is 5.32 Å². The number of anilines is 1. The first-order valence-electron chi connectivity index (χ1n) is 7.48. The number of nitrogens with zero attached hydrogens (tertiary/aromatic N) is 2. The van der Waals surface area contributed by atoms with Crippen molar-refractivity contribution in [2.24, 2.45) is 0 Å². The highest BCUT2D eigenvalue weighted by Gasteiger charge is 2.30. The topological polar surface area (TPSA) is 84.2 Å². The lowest BCUT2D eigenvalue weighted by molar-refractivity contribution is -0.146. The van der Waals surface area contributed by atoms with Crippen LogP contribution in [0.4, 0.5) is 5.69 Å². The van der Waals surface area contributed by atoms with Crippen molar-refractivity contribution in [1.29, 1.82) is 0 Å². The number of thioether (sulfide) groups is 1. The van der Waals surface area contributed by atoms with Crippen LogP contribution in [0.2, 0.25) is 0 Å². The Balaban J connectivity index is 1.97. The lowest BCUT2D eigenvalue weighted by Gasteiger charge is -2.19. The van der Waals surface area contributed by atoms with E-state index in [0.29, 0.717) is 5.69 Å². The van der Waals surface area contributed by atoms with E-state index in [1.807, 2.05) is 26.0 Å². The van der Waals surface area contributed by atoms with E-state index >= 15 is 0 Å². The fourth-order valence-corrected chi connectivity index (χ4v) is 2.92. The van der Waals surface area contributed by atoms with Gasteiger partial charge in [-0.05, 0) is 39.3 Å². The van der Waals surface area contributed by atoms with Crippen molar-refractivity contribution in [1.82, 2.24) is 9.78 Å². The Labute approximate surface area is 145 Å². The zero-order valence-electron chi connectivity index (χ0n) is 14.2. The summed E-state index contributed by atoms with van der Waals surface area (Å²) in [5.41, 5.74) is 1.60. The maximum Gasteiger partial charge on any atom is 0.331 e. The van der Waals surface area contributed by atoms with E-state index in [0.717, 1.165) is 16.0 Å². The SMILES string of the molecule is Cc1ccc(C)c(SCC(=O)Nc2cnn(C(C)(C)C(=O)O)c2)c1. The third-order valence-corrected chi connectivity index (χ3v) is 4.82. The highest BCUT2D eigenvalue weighted by molar-refractivity contribution is 8.00. The molecule has 0 bridgehead atoms. The number of carbonyl (C=O) groups excluding carboxylic acids is 1. The third-order valence-electron chi connectivity index (χ3n) is 3.66. The number of aliphatic carboxylic acids is 1. The second-order valence-electron chi connectivity index (χ2n) is 6.14. The lowest BCUT2D eigenvalue weighted by atomic mass is 10.1. The Bertz CT molecular complexity index is 768. The fourth-order valence-electron chi connectivity index (χ4n) is 1.99. The average Bonchev–Trinajstić information content (AvgIpc) is 2.97. The molecule has 1 heterocycles. The van der Waals surface area contributed by atoms with Crippen molar-refractivity contribution in [2.75, 3.05) is 11.1 Å². The van der Waals surface area contributed by atoms with E-state index in [1.165, 1.54) is 28.8 Å². The highest BCUT2D eigenvalue weighted by Crippen LogP contribution is 2.24. The monoisotopic (exact) mass is 347 g/mol. The van der Waals surface area contributed by atoms with Crippen molar-refractivity contribution in [3.05, 3.63) is 41.7 Å². The van der Waals surface area contributed by atoms with Gasteiger partial charge in [-0.15, -0.1) is 11.8 Å². The van der Waals surface area contributed by atoms with Crippen LogP contribution in [0.1, 0.15) is 25.0 Å². The molecule has 6 nitrogen and oxygen atoms in total. The largest absolute Gasteiger partial charge is 0.479 e. The highest BCUT2D eigenvalue weighted by atomic mass is 32.2. The predicted molar refractivity (Wildman–Crippen MR) is 94.5 cm³/mol. The first kappa shape index (κ1) is 18.1. The number of aromatic nitrogens is 2. The maximum atomic E-state index is 12.1. The molecule has 0 aliphatic rings. The molecule has 7 heteroatoms. The number of hydrogen-bond acceptors (Lipinski definition) is 4. The second kappa shape index (κ2) is 7.09. The number of carboxylic acids is 1. The minimum atomic E-state index is -1.17. The van der Waals surface area contributed by atoms with Crippen LogP contribution in [0.25, 0.3) is 0 Å². The summed E-state index contributed by atoms with van der Waals surface area (Å²) in [7, 11) is 0. The molecule has 0 spiro atoms. The molecule has 2 rings (SSSR count). The quantitative estimate of drug-likeness (QED) is 0.785. The zero-order valence-corrected chi connectivity index (χ0v) is 15.0. The van der Waals surface area contributed by atoms with E-state index in [2.05, 4.69) is 16.5 Å². The molecule has 0 atom stereocenters. The van der Waals surface area contributed by atoms with Gasteiger partial charge in [-0.3, -0.25) is 9.48 Å². The zero-order chi connectivity index (χ0) is 17.9. The van der Waals surface area contributed by atoms with Crippen LogP contribution in [0, 0.1) is 13.8 Å². The van der Waals surface area contributed by atoms with Gasteiger partial charge in [-0.2, -0.15) is 5.10 Å². The summed E-state index contributed by atoms with van der Waals surface area (Å²) >= 11 is 1.47. The molecule has 2 N–H and O–H groups in total. The van der Waals surface area contributed by atoms with Gasteiger partial charge in [0.15, 0.2) is 5.54 Å². The summed E-state index contributed by atoms with van der Waals surface area (Å²) in [4.78, 5) is 24.4. The Morgan fingerprint density at radius 1 is 1.33 bits per heavy atom. The Morgan fingerprint density at radius 2 is 2.04 bits per heavy atom. The Hall–Kier alpha value is -2.28. The molecule has 2 aromatic rings. The van der Waals surface area contributed by atoms with Gasteiger partial charge in [-0.1, -0.05) is 17.7 Å². The molecule has 0 aliphatic heterocycles. The minimum absolute atomic E-state index is 0.159. The summed E-state index contributed by atoms with van der Waals surface area (Å²) in [5, 5.41) is 16.0. The molecular weight excluding hydrogens is 326 g/mol. The van der Waals surface area contributed by atoms with Gasteiger partial charge in [0.1, 0.15) is 0 Å². The van der Waals surface area contributed by atoms with Crippen LogP contribution in [0.3, 0.4) is 0 Å². The normalized spacial score (nSPS) is 11.3. The van der Waals surface area contributed by atoms with Gasteiger partial charge < -0.3 is 10.4 Å². The van der Waals surface area contributed by atoms with E-state index in [9.17, 15) is 14.7 Å². The van der Waals surface area contributed by atoms with Crippen LogP contribution in [-0.4, -0.2) is 32.5 Å². The number of hydrogen-bond donors (Lipinski definition) is 2. The average molecular weight is 347 g/mol. The smallest absolute Gasteiger partial charge is 0.331 e. The van der Waals surface area contributed by atoms with Gasteiger partial charge >= 0.3 is 5.97 Å². The van der Waals surface area contributed by atoms with Gasteiger partial charge in [-0.25, -0.2) is 4.79 Å².